The van der Waals surface area contributed by atoms with E-state index in [-0.39, 0.29) is 0 Å². The van der Waals surface area contributed by atoms with Gasteiger partial charge in [-0.05, 0) is 62.0 Å². The van der Waals surface area contributed by atoms with Crippen LogP contribution in [-0.4, -0.2) is 111 Å². The Labute approximate surface area is 291 Å². The van der Waals surface area contributed by atoms with Crippen LogP contribution in [0, 0.1) is 6.92 Å². The lowest BCUT2D eigenvalue weighted by molar-refractivity contribution is 0.0982. The fraction of sp³-hybridized carbons (Fsp3) is 0.412. The summed E-state index contributed by atoms with van der Waals surface area (Å²) >= 11 is 1.50. The second-order valence-electron chi connectivity index (χ2n) is 12.8. The van der Waals surface area contributed by atoms with E-state index < -0.39 is 10.0 Å². The molecule has 2 N–H and O–H groups in total. The van der Waals surface area contributed by atoms with E-state index in [1.807, 2.05) is 11.4 Å². The number of nitrogens with zero attached hydrogens (tertiary/aromatic N) is 8. The van der Waals surface area contributed by atoms with Gasteiger partial charge in [0.15, 0.2) is 0 Å². The average Bonchev–Trinajstić information content (AvgIpc) is 3.57. The van der Waals surface area contributed by atoms with Crippen molar-refractivity contribution in [3.8, 4) is 5.75 Å². The number of rotatable bonds is 9. The molecule has 0 radical (unpaired) electrons. The van der Waals surface area contributed by atoms with Crippen molar-refractivity contribution in [1.29, 1.82) is 0 Å². The molecule has 2 aliphatic heterocycles. The predicted octanol–water partition coefficient (Wildman–Crippen LogP) is 5.05. The lowest BCUT2D eigenvalue weighted by Gasteiger charge is -2.43. The van der Waals surface area contributed by atoms with Gasteiger partial charge in [0.1, 0.15) is 27.6 Å². The number of anilines is 6. The number of fused-ring (bicyclic) bond motifs is 2. The molecule has 0 amide bonds. The summed E-state index contributed by atoms with van der Waals surface area (Å²) in [7, 11) is 1.77. The quantitative estimate of drug-likeness (QED) is 0.213. The Balaban J connectivity index is 1.16. The van der Waals surface area contributed by atoms with Gasteiger partial charge in [-0.25, -0.2) is 13.4 Å². The van der Waals surface area contributed by atoms with Crippen molar-refractivity contribution in [2.45, 2.75) is 25.8 Å². The van der Waals surface area contributed by atoms with E-state index in [0.29, 0.717) is 46.0 Å². The van der Waals surface area contributed by atoms with Crippen molar-refractivity contribution >= 4 is 77.1 Å². The predicted molar refractivity (Wildman–Crippen MR) is 199 cm³/mol. The number of nitrogens with one attached hydrogen (secondary N) is 2. The molecule has 2 fully saturated rings. The highest BCUT2D eigenvalue weighted by atomic mass is 32.2. The first-order chi connectivity index (χ1) is 23.6. The molecular weight excluding hydrogens is 661 g/mol. The van der Waals surface area contributed by atoms with Crippen LogP contribution in [0.5, 0.6) is 5.75 Å². The minimum Gasteiger partial charge on any atom is -0.494 e. The first-order valence-electron chi connectivity index (χ1n) is 16.4. The largest absolute Gasteiger partial charge is 0.494 e. The molecule has 0 bridgehead atoms. The highest BCUT2D eigenvalue weighted by Crippen LogP contribution is 2.39. The Kier molecular flexibility index (Phi) is 9.17. The summed E-state index contributed by atoms with van der Waals surface area (Å²) in [5, 5.41) is 9.56. The molecule has 2 aromatic carbocycles. The fourth-order valence-electron chi connectivity index (χ4n) is 6.81. The molecular formula is C34H42N10O3S2. The molecule has 7 rings (SSSR count). The maximum Gasteiger partial charge on any atom is 0.232 e. The molecule has 13 nitrogen and oxygen atoms in total. The lowest BCUT2D eigenvalue weighted by atomic mass is 10.0. The van der Waals surface area contributed by atoms with Crippen molar-refractivity contribution in [3.05, 3.63) is 53.7 Å². The van der Waals surface area contributed by atoms with Crippen molar-refractivity contribution in [1.82, 2.24) is 29.7 Å². The highest BCUT2D eigenvalue weighted by molar-refractivity contribution is 7.92. The molecule has 2 aliphatic rings. The second kappa shape index (κ2) is 13.5. The number of benzene rings is 2. The SMILES string of the molecule is COc1cc(N2CCC(N3CCN(C)CC3)CC2)c(C)cc1Nc1nc(Nc2ccc3nccnc3c2N(C)S(C)(=O)=O)c2ccsc2n1. The molecule has 3 aromatic heterocycles. The van der Waals surface area contributed by atoms with Crippen molar-refractivity contribution in [3.63, 3.8) is 0 Å². The van der Waals surface area contributed by atoms with Gasteiger partial charge in [0.25, 0.3) is 0 Å². The Morgan fingerprint density at radius 2 is 1.71 bits per heavy atom. The maximum atomic E-state index is 12.7. The summed E-state index contributed by atoms with van der Waals surface area (Å²) in [6.07, 6.45) is 6.60. The van der Waals surface area contributed by atoms with Gasteiger partial charge in [0.05, 0.1) is 35.6 Å². The van der Waals surface area contributed by atoms with E-state index in [2.05, 4.69) is 61.4 Å². The van der Waals surface area contributed by atoms with Crippen LogP contribution in [0.4, 0.5) is 34.5 Å². The first-order valence-corrected chi connectivity index (χ1v) is 19.1. The van der Waals surface area contributed by atoms with Gasteiger partial charge >= 0.3 is 0 Å². The number of aryl methyl sites for hydroxylation is 1. The van der Waals surface area contributed by atoms with Crippen molar-refractivity contribution in [2.24, 2.45) is 0 Å². The van der Waals surface area contributed by atoms with Crippen LogP contribution in [-0.2, 0) is 10.0 Å². The molecule has 258 valence electrons. The summed E-state index contributed by atoms with van der Waals surface area (Å²) in [6.45, 7) is 8.75. The Hall–Kier alpha value is -4.31. The zero-order valence-electron chi connectivity index (χ0n) is 28.5. The molecule has 0 unspecified atom stereocenters. The zero-order valence-corrected chi connectivity index (χ0v) is 30.1. The molecule has 0 spiro atoms. The third-order valence-corrected chi connectivity index (χ3v) is 11.6. The number of hydrogen-bond acceptors (Lipinski definition) is 13. The minimum absolute atomic E-state index is 0.380. The van der Waals surface area contributed by atoms with Gasteiger partial charge in [-0.3, -0.25) is 19.2 Å². The molecule has 5 aromatic rings. The lowest BCUT2D eigenvalue weighted by Crippen LogP contribution is -2.52. The number of aromatic nitrogens is 4. The maximum absolute atomic E-state index is 12.7. The normalized spacial score (nSPS) is 16.7. The van der Waals surface area contributed by atoms with Gasteiger partial charge in [-0.1, -0.05) is 0 Å². The number of methoxy groups -OCH3 is 1. The van der Waals surface area contributed by atoms with Gasteiger partial charge in [-0.2, -0.15) is 4.98 Å². The van der Waals surface area contributed by atoms with Crippen LogP contribution >= 0.6 is 11.3 Å². The second-order valence-corrected chi connectivity index (χ2v) is 15.7. The molecule has 15 heteroatoms. The van der Waals surface area contributed by atoms with E-state index in [4.69, 9.17) is 14.7 Å². The van der Waals surface area contributed by atoms with Gasteiger partial charge < -0.3 is 25.2 Å². The number of sulfonamides is 1. The van der Waals surface area contributed by atoms with Crippen LogP contribution in [0.3, 0.4) is 0 Å². The Morgan fingerprint density at radius 1 is 0.959 bits per heavy atom. The number of piperidine rings is 1. The van der Waals surface area contributed by atoms with E-state index in [1.165, 1.54) is 28.4 Å². The summed E-state index contributed by atoms with van der Waals surface area (Å²) in [5.41, 5.74) is 5.02. The van der Waals surface area contributed by atoms with Crippen LogP contribution in [0.25, 0.3) is 21.3 Å². The van der Waals surface area contributed by atoms with Crippen LogP contribution in [0.1, 0.15) is 18.4 Å². The van der Waals surface area contributed by atoms with Gasteiger partial charge in [0, 0.05) is 76.5 Å². The highest BCUT2D eigenvalue weighted by Gasteiger charge is 2.28. The molecule has 0 aliphatic carbocycles. The molecule has 49 heavy (non-hydrogen) atoms. The fourth-order valence-corrected chi connectivity index (χ4v) is 8.09. The number of piperazine rings is 1. The smallest absolute Gasteiger partial charge is 0.232 e. The van der Waals surface area contributed by atoms with Crippen LogP contribution in [0.2, 0.25) is 0 Å². The Morgan fingerprint density at radius 3 is 2.45 bits per heavy atom. The van der Waals surface area contributed by atoms with Crippen LogP contribution < -0.4 is 24.6 Å². The first kappa shape index (κ1) is 33.2. The van der Waals surface area contributed by atoms with E-state index in [0.717, 1.165) is 79.8 Å². The molecule has 0 saturated carbocycles. The molecule has 5 heterocycles. The van der Waals surface area contributed by atoms with Crippen molar-refractivity contribution in [2.75, 3.05) is 86.6 Å². The summed E-state index contributed by atoms with van der Waals surface area (Å²) in [5.74, 6) is 1.61. The number of likely N-dealkylation sites (N-methyl/N-ethyl adjacent to an activating group) is 1. The van der Waals surface area contributed by atoms with Gasteiger partial charge in [-0.15, -0.1) is 11.3 Å². The van der Waals surface area contributed by atoms with Gasteiger partial charge in [0.2, 0.25) is 16.0 Å². The number of hydrogen-bond donors (Lipinski definition) is 2. The van der Waals surface area contributed by atoms with E-state index >= 15 is 0 Å². The zero-order chi connectivity index (χ0) is 34.3. The van der Waals surface area contributed by atoms with Crippen LogP contribution in [0.15, 0.2) is 48.1 Å². The minimum atomic E-state index is -3.61. The molecule has 2 saturated heterocycles. The average molecular weight is 703 g/mol. The third-order valence-electron chi connectivity index (χ3n) is 9.63. The molecule has 0 atom stereocenters. The van der Waals surface area contributed by atoms with E-state index in [1.54, 1.807) is 31.6 Å². The number of ether oxygens (including phenoxy) is 1. The van der Waals surface area contributed by atoms with Crippen molar-refractivity contribution < 1.29 is 13.2 Å². The monoisotopic (exact) mass is 702 g/mol. The summed E-state index contributed by atoms with van der Waals surface area (Å²) in [4.78, 5) is 26.9. The topological polar surface area (TPSA) is 132 Å². The summed E-state index contributed by atoms with van der Waals surface area (Å²) < 4.78 is 32.5. The summed E-state index contributed by atoms with van der Waals surface area (Å²) in [6, 6.07) is 10.4. The van der Waals surface area contributed by atoms with E-state index in [9.17, 15) is 8.42 Å². The standard InChI is InChI=1S/C34H42N10O3S2/c1-22-20-27(29(47-4)21-28(22)44-13-8-23(9-14-44)43-17-15-41(2)16-18-43)38-34-39-32(24-10-19-48-33(24)40-34)37-26-7-6-25-30(36-12-11-35-25)31(26)42(3)49(5,45)46/h6-7,10-12,19-21,23H,8-9,13-18H2,1-5H3,(H2,37,38,39,40). The Bertz CT molecular complexity index is 2090. The third kappa shape index (κ3) is 6.80. The number of thiophene rings is 1.